The van der Waals surface area contributed by atoms with E-state index in [1.165, 1.54) is 5.69 Å². The molecule has 11 heteroatoms. The first-order chi connectivity index (χ1) is 17.6. The number of aromatic hydroxyl groups is 1. The summed E-state index contributed by atoms with van der Waals surface area (Å²) in [5, 5.41) is 18.5. The lowest BCUT2D eigenvalue weighted by molar-refractivity contribution is 0.271. The molecule has 4 heterocycles. The van der Waals surface area contributed by atoms with Crippen LogP contribution >= 0.6 is 0 Å². The Kier molecular flexibility index (Phi) is 5.68. The van der Waals surface area contributed by atoms with Crippen molar-refractivity contribution in [2.24, 2.45) is 4.99 Å². The maximum Gasteiger partial charge on any atom is 0.326 e. The average molecular weight is 488 g/mol. The monoisotopic (exact) mass is 487 g/mol. The number of imidazole rings is 1. The minimum atomic E-state index is -0.481. The van der Waals surface area contributed by atoms with Crippen LogP contribution in [0.2, 0.25) is 0 Å². The Morgan fingerprint density at radius 2 is 1.94 bits per heavy atom. The number of anilines is 3. The molecule has 0 bridgehead atoms. The minimum absolute atomic E-state index is 0.229. The predicted octanol–water partition coefficient (Wildman–Crippen LogP) is 0.948. The molecular weight excluding hydrogens is 458 g/mol. The molecule has 0 unspecified atom stereocenters. The van der Waals surface area contributed by atoms with Gasteiger partial charge in [-0.05, 0) is 49.7 Å². The van der Waals surface area contributed by atoms with Gasteiger partial charge < -0.3 is 25.2 Å². The largest absolute Gasteiger partial charge is 0.493 e. The highest BCUT2D eigenvalue weighted by Crippen LogP contribution is 2.23. The van der Waals surface area contributed by atoms with Gasteiger partial charge in [0.2, 0.25) is 5.88 Å². The lowest BCUT2D eigenvalue weighted by Crippen LogP contribution is -2.46. The number of fused-ring (bicyclic) bond motifs is 1. The van der Waals surface area contributed by atoms with Gasteiger partial charge in [0.05, 0.1) is 12.2 Å². The number of H-pyrrole nitrogens is 2. The first-order valence-electron chi connectivity index (χ1n) is 12.4. The summed E-state index contributed by atoms with van der Waals surface area (Å²) in [6.07, 6.45) is 5.43. The van der Waals surface area contributed by atoms with E-state index in [4.69, 9.17) is 9.98 Å². The van der Waals surface area contributed by atoms with E-state index < -0.39 is 5.69 Å². The van der Waals surface area contributed by atoms with Crippen LogP contribution in [-0.4, -0.2) is 73.3 Å². The molecule has 1 saturated heterocycles. The van der Waals surface area contributed by atoms with Crippen LogP contribution in [0, 0.1) is 0 Å². The Labute approximate surface area is 206 Å². The van der Waals surface area contributed by atoms with Gasteiger partial charge in [-0.2, -0.15) is 9.61 Å². The number of aromatic nitrogens is 5. The Hall–Kier alpha value is -4.12. The smallest absolute Gasteiger partial charge is 0.326 e. The number of nitrogens with one attached hydrogen (secondary N) is 3. The van der Waals surface area contributed by atoms with Crippen molar-refractivity contribution in [1.29, 1.82) is 0 Å². The fourth-order valence-corrected chi connectivity index (χ4v) is 4.49. The lowest BCUT2D eigenvalue weighted by atomic mass is 10.2. The van der Waals surface area contributed by atoms with Gasteiger partial charge >= 0.3 is 5.69 Å². The summed E-state index contributed by atoms with van der Waals surface area (Å²) in [6.45, 7) is 7.56. The van der Waals surface area contributed by atoms with Gasteiger partial charge in [0.25, 0.3) is 0 Å². The molecule has 186 valence electrons. The fraction of sp³-hybridized carbons (Fsp3) is 0.360. The van der Waals surface area contributed by atoms with E-state index >= 15 is 0 Å². The van der Waals surface area contributed by atoms with Crippen molar-refractivity contribution in [1.82, 2.24) is 29.5 Å². The summed E-state index contributed by atoms with van der Waals surface area (Å²) in [5.41, 5.74) is 3.22. The zero-order chi connectivity index (χ0) is 24.6. The number of rotatable bonds is 6. The van der Waals surface area contributed by atoms with E-state index in [2.05, 4.69) is 61.4 Å². The number of hydrogen-bond acceptors (Lipinski definition) is 8. The number of aromatic amines is 2. The van der Waals surface area contributed by atoms with Crippen molar-refractivity contribution in [2.75, 3.05) is 42.9 Å². The minimum Gasteiger partial charge on any atom is -0.493 e. The Bertz CT molecular complexity index is 1560. The second-order valence-corrected chi connectivity index (χ2v) is 9.27. The molecular formula is C25H29N9O2. The summed E-state index contributed by atoms with van der Waals surface area (Å²) < 4.78 is 1.69. The Morgan fingerprint density at radius 3 is 2.61 bits per heavy atom. The van der Waals surface area contributed by atoms with Gasteiger partial charge in [0, 0.05) is 48.8 Å². The third-order valence-corrected chi connectivity index (χ3v) is 6.70. The first kappa shape index (κ1) is 22.4. The normalized spacial score (nSPS) is 17.9. The zero-order valence-electron chi connectivity index (χ0n) is 20.1. The highest BCUT2D eigenvalue weighted by atomic mass is 16.3. The number of benzene rings is 1. The molecule has 36 heavy (non-hydrogen) atoms. The molecule has 1 aromatic carbocycles. The van der Waals surface area contributed by atoms with E-state index in [1.807, 2.05) is 6.07 Å². The molecule has 0 radical (unpaired) electrons. The first-order valence-corrected chi connectivity index (χ1v) is 12.4. The van der Waals surface area contributed by atoms with Crippen LogP contribution in [0.5, 0.6) is 5.88 Å². The second-order valence-electron chi connectivity index (χ2n) is 9.27. The highest BCUT2D eigenvalue weighted by molar-refractivity contribution is 5.63. The topological polar surface area (TPSA) is 130 Å². The molecule has 1 saturated carbocycles. The van der Waals surface area contributed by atoms with Gasteiger partial charge in [0.1, 0.15) is 11.5 Å². The zero-order valence-corrected chi connectivity index (χ0v) is 20.1. The molecule has 0 atom stereocenters. The van der Waals surface area contributed by atoms with Gasteiger partial charge in [-0.25, -0.2) is 9.78 Å². The maximum atomic E-state index is 11.5. The van der Waals surface area contributed by atoms with E-state index in [-0.39, 0.29) is 11.6 Å². The van der Waals surface area contributed by atoms with Crippen molar-refractivity contribution in [3.63, 3.8) is 0 Å². The highest BCUT2D eigenvalue weighted by Gasteiger charge is 2.20. The molecule has 4 N–H and O–H groups in total. The quantitative estimate of drug-likeness (QED) is 0.319. The molecule has 2 aliphatic rings. The Balaban J connectivity index is 1.32. The second kappa shape index (κ2) is 9.15. The van der Waals surface area contributed by atoms with Crippen LogP contribution in [0.3, 0.4) is 0 Å². The van der Waals surface area contributed by atoms with Crippen molar-refractivity contribution < 1.29 is 5.11 Å². The molecule has 3 aromatic heterocycles. The van der Waals surface area contributed by atoms with Crippen molar-refractivity contribution in [2.45, 2.75) is 25.8 Å². The summed E-state index contributed by atoms with van der Waals surface area (Å²) in [5.74, 6) is 0.417. The van der Waals surface area contributed by atoms with Crippen LogP contribution in [0.25, 0.3) is 11.7 Å². The van der Waals surface area contributed by atoms with Crippen molar-refractivity contribution in [3.05, 3.63) is 63.4 Å². The molecule has 6 rings (SSSR count). The van der Waals surface area contributed by atoms with Crippen LogP contribution in [0.15, 0.2) is 46.3 Å². The van der Waals surface area contributed by atoms with Crippen molar-refractivity contribution in [3.8, 4) is 5.88 Å². The lowest BCUT2D eigenvalue weighted by Gasteiger charge is -2.35. The summed E-state index contributed by atoms with van der Waals surface area (Å²) in [7, 11) is 0. The Morgan fingerprint density at radius 1 is 1.17 bits per heavy atom. The molecule has 1 aliphatic heterocycles. The van der Waals surface area contributed by atoms with Gasteiger partial charge in [-0.15, -0.1) is 0 Å². The maximum absolute atomic E-state index is 11.5. The number of piperazine rings is 1. The predicted molar refractivity (Wildman–Crippen MR) is 137 cm³/mol. The number of nitrogens with zero attached hydrogens (tertiary/aromatic N) is 6. The average Bonchev–Trinajstić information content (AvgIpc) is 3.53. The SMILES string of the molecule is CCN1CCN(c2ccc(Nc3cc(=NC4CC4)n4nc/c(=C\c5[nH]c(=O)[nH]c5O)c4n3)cc2)CC1. The van der Waals surface area contributed by atoms with Gasteiger partial charge in [-0.3, -0.25) is 9.98 Å². The molecule has 11 nitrogen and oxygen atoms in total. The third-order valence-electron chi connectivity index (χ3n) is 6.70. The number of likely N-dealkylation sites (N-methyl/N-ethyl adjacent to an activating group) is 1. The molecule has 4 aromatic rings. The van der Waals surface area contributed by atoms with E-state index in [0.29, 0.717) is 28.2 Å². The van der Waals surface area contributed by atoms with E-state index in [9.17, 15) is 9.90 Å². The fourth-order valence-electron chi connectivity index (χ4n) is 4.49. The van der Waals surface area contributed by atoms with Crippen molar-refractivity contribution >= 4 is 28.9 Å². The van der Waals surface area contributed by atoms with E-state index in [1.54, 1.807) is 16.8 Å². The standard InChI is InChI=1S/C25H29N9O2/c1-2-32-9-11-33(12-10-32)19-7-5-17(6-8-19)27-21-14-22(28-18-3-4-18)34-23(30-21)16(15-26-34)13-20-24(35)31-25(36)29-20/h5-8,13-15,18,27,35H,2-4,9-12H2,1H3,(H2,29,31,36)/b16-13+,28-22?. The molecule has 0 spiro atoms. The third kappa shape index (κ3) is 4.57. The van der Waals surface area contributed by atoms with Crippen LogP contribution in [0.4, 0.5) is 17.2 Å². The van der Waals surface area contributed by atoms with Gasteiger partial charge in [-0.1, -0.05) is 6.92 Å². The molecule has 2 fully saturated rings. The summed E-state index contributed by atoms with van der Waals surface area (Å²) in [4.78, 5) is 30.9. The summed E-state index contributed by atoms with van der Waals surface area (Å²) >= 11 is 0. The van der Waals surface area contributed by atoms with Crippen LogP contribution < -0.4 is 26.6 Å². The van der Waals surface area contributed by atoms with E-state index in [0.717, 1.165) is 51.3 Å². The summed E-state index contributed by atoms with van der Waals surface area (Å²) in [6, 6.07) is 10.6. The van der Waals surface area contributed by atoms with Gasteiger partial charge in [0.15, 0.2) is 11.1 Å². The number of hydrogen-bond donors (Lipinski definition) is 4. The molecule has 1 aliphatic carbocycles. The van der Waals surface area contributed by atoms with Crippen LogP contribution in [0.1, 0.15) is 25.5 Å². The molecule has 0 amide bonds. The van der Waals surface area contributed by atoms with Crippen LogP contribution in [-0.2, 0) is 0 Å².